The van der Waals surface area contributed by atoms with Crippen LogP contribution in [0.5, 0.6) is 0 Å². The van der Waals surface area contributed by atoms with Crippen LogP contribution in [0.1, 0.15) is 180 Å². The Balaban J connectivity index is 1.59. The Morgan fingerprint density at radius 1 is 0.562 bits per heavy atom. The highest BCUT2D eigenvalue weighted by Crippen LogP contribution is 2.31. The van der Waals surface area contributed by atoms with Gasteiger partial charge in [0, 0.05) is 6.42 Å². The van der Waals surface area contributed by atoms with Crippen LogP contribution < -0.4 is 0 Å². The molecule has 7 nitrogen and oxygen atoms in total. The summed E-state index contributed by atoms with van der Waals surface area (Å²) in [7, 11) is 4.24. The number of carbonyl (C=O) groups excluding carboxylic acids is 3. The first kappa shape index (κ1) is 55.9. The van der Waals surface area contributed by atoms with Crippen LogP contribution in [0.15, 0.2) is 109 Å². The third-order valence-corrected chi connectivity index (χ3v) is 11.5. The number of nitrogens with zero attached hydrogens (tertiary/aromatic N) is 1. The number of hydrogen-bond donors (Lipinski definition) is 0. The minimum atomic E-state index is -0.199. The maximum atomic E-state index is 13.2. The molecule has 0 aliphatic carbocycles. The summed E-state index contributed by atoms with van der Waals surface area (Å²) in [5.74, 6) is -0.106. The van der Waals surface area contributed by atoms with Crippen LogP contribution >= 0.6 is 0 Å². The molecule has 0 saturated carbocycles. The van der Waals surface area contributed by atoms with E-state index in [2.05, 4.69) is 64.1 Å². The largest absolute Gasteiger partial charge is 0.462 e. The van der Waals surface area contributed by atoms with Crippen molar-refractivity contribution in [2.45, 2.75) is 188 Å². The second-order valence-corrected chi connectivity index (χ2v) is 18.8. The van der Waals surface area contributed by atoms with Gasteiger partial charge >= 0.3 is 17.9 Å². The summed E-state index contributed by atoms with van der Waals surface area (Å²) in [6, 6.07) is 19.5. The minimum Gasteiger partial charge on any atom is -0.462 e. The van der Waals surface area contributed by atoms with E-state index in [4.69, 9.17) is 14.2 Å². The average molecular weight is 882 g/mol. The van der Waals surface area contributed by atoms with Gasteiger partial charge in [0.05, 0.1) is 12.8 Å². The van der Waals surface area contributed by atoms with Crippen molar-refractivity contribution in [2.75, 3.05) is 20.6 Å². The molecule has 0 amide bonds. The van der Waals surface area contributed by atoms with E-state index in [1.54, 1.807) is 0 Å². The van der Waals surface area contributed by atoms with Crippen LogP contribution in [0, 0.1) is 11.3 Å². The first-order valence-corrected chi connectivity index (χ1v) is 24.9. The van der Waals surface area contributed by atoms with Gasteiger partial charge in [-0.2, -0.15) is 0 Å². The van der Waals surface area contributed by atoms with Crippen molar-refractivity contribution in [1.29, 1.82) is 0 Å². The summed E-state index contributed by atoms with van der Waals surface area (Å²) >= 11 is 0. The summed E-state index contributed by atoms with van der Waals surface area (Å²) in [5.41, 5.74) is 2.21. The maximum Gasteiger partial charge on any atom is 0.309 e. The summed E-state index contributed by atoms with van der Waals surface area (Å²) in [6.45, 7) is 8.56. The molecule has 2 rings (SSSR count). The number of ether oxygens (including phenoxy) is 3. The van der Waals surface area contributed by atoms with Gasteiger partial charge in [-0.05, 0) is 120 Å². The van der Waals surface area contributed by atoms with Crippen LogP contribution in [-0.4, -0.2) is 49.6 Å². The van der Waals surface area contributed by atoms with Crippen molar-refractivity contribution >= 4 is 17.9 Å². The molecule has 0 aliphatic rings. The first-order valence-electron chi connectivity index (χ1n) is 24.9. The lowest BCUT2D eigenvalue weighted by Gasteiger charge is -2.29. The van der Waals surface area contributed by atoms with Crippen LogP contribution in [0.4, 0.5) is 0 Å². The van der Waals surface area contributed by atoms with E-state index in [1.807, 2.05) is 85.0 Å². The highest BCUT2D eigenvalue weighted by molar-refractivity contribution is 5.71. The molecule has 64 heavy (non-hydrogen) atoms. The number of allylic oxidation sites excluding steroid dienone is 6. The van der Waals surface area contributed by atoms with Gasteiger partial charge in [-0.1, -0.05) is 181 Å². The highest BCUT2D eigenvalue weighted by atomic mass is 16.5. The zero-order valence-electron chi connectivity index (χ0n) is 40.8. The molecule has 0 heterocycles. The fourth-order valence-corrected chi connectivity index (χ4v) is 7.84. The van der Waals surface area contributed by atoms with Gasteiger partial charge in [0.1, 0.15) is 19.3 Å². The predicted molar refractivity (Wildman–Crippen MR) is 267 cm³/mol. The molecular formula is C57H87NO6. The number of esters is 3. The summed E-state index contributed by atoms with van der Waals surface area (Å²) in [4.78, 5) is 39.3. The molecule has 1 unspecified atom stereocenters. The quantitative estimate of drug-likeness (QED) is 0.0287. The van der Waals surface area contributed by atoms with E-state index in [9.17, 15) is 14.4 Å². The Labute approximate surface area is 390 Å². The third kappa shape index (κ3) is 33.3. The molecule has 0 spiro atoms. The lowest BCUT2D eigenvalue weighted by atomic mass is 9.79. The minimum absolute atomic E-state index is 0.0179. The number of carbonyl (C=O) groups is 3. The molecular weight excluding hydrogens is 795 g/mol. The lowest BCUT2D eigenvalue weighted by molar-refractivity contribution is -0.151. The zero-order valence-corrected chi connectivity index (χ0v) is 40.8. The normalized spacial score (nSPS) is 12.7. The SMILES string of the molecule is CC(CC(=O)OC(CCCCCCCC/C=C\C/C=C\CC(=O)OCc1ccccc1)CCCCCCCC/C=C\C/C=C\CC(=O)OCc1ccccc1)CC(C)(C)CCN(C)C. The second-order valence-electron chi connectivity index (χ2n) is 18.8. The van der Waals surface area contributed by atoms with Crippen LogP contribution in [-0.2, 0) is 41.8 Å². The Morgan fingerprint density at radius 2 is 0.984 bits per heavy atom. The summed E-state index contributed by atoms with van der Waals surface area (Å²) < 4.78 is 16.9. The molecule has 0 aliphatic heterocycles. The van der Waals surface area contributed by atoms with E-state index in [0.717, 1.165) is 81.9 Å². The fourth-order valence-electron chi connectivity index (χ4n) is 7.84. The van der Waals surface area contributed by atoms with E-state index >= 15 is 0 Å². The Bertz CT molecular complexity index is 1500. The standard InChI is InChI=1S/C57H87NO6/c1-50(47-57(2,3)44-45-58(4)5)46-56(61)64-53(40-32-22-18-14-10-6-8-12-16-20-24-34-42-54(59)62-48-51-36-28-26-29-37-51)41-33-23-19-15-11-7-9-13-17-21-25-35-43-55(60)63-49-52-38-30-27-31-39-52/h12-13,16-17,24-31,34-39,50,53H,6-11,14-15,18-23,32-33,40-49H2,1-5H3/b16-12-,17-13-,34-24-,35-25-. The van der Waals surface area contributed by atoms with Crippen molar-refractivity contribution in [1.82, 2.24) is 4.90 Å². The Morgan fingerprint density at radius 3 is 1.44 bits per heavy atom. The average Bonchev–Trinajstić information content (AvgIpc) is 3.27. The molecule has 2 aromatic rings. The lowest BCUT2D eigenvalue weighted by Crippen LogP contribution is -2.25. The predicted octanol–water partition coefficient (Wildman–Crippen LogP) is 14.8. The number of unbranched alkanes of at least 4 members (excludes halogenated alkanes) is 12. The molecule has 0 N–H and O–H groups in total. The van der Waals surface area contributed by atoms with Crippen molar-refractivity contribution in [3.8, 4) is 0 Å². The molecule has 0 saturated heterocycles. The molecule has 1 atom stereocenters. The smallest absolute Gasteiger partial charge is 0.309 e. The summed E-state index contributed by atoms with van der Waals surface area (Å²) in [5, 5.41) is 0. The molecule has 0 radical (unpaired) electrons. The monoisotopic (exact) mass is 882 g/mol. The van der Waals surface area contributed by atoms with Crippen molar-refractivity contribution < 1.29 is 28.6 Å². The highest BCUT2D eigenvalue weighted by Gasteiger charge is 2.24. The van der Waals surface area contributed by atoms with Gasteiger partial charge in [0.15, 0.2) is 0 Å². The topological polar surface area (TPSA) is 82.1 Å². The third-order valence-electron chi connectivity index (χ3n) is 11.5. The van der Waals surface area contributed by atoms with Gasteiger partial charge in [0.25, 0.3) is 0 Å². The van der Waals surface area contributed by atoms with Crippen LogP contribution in [0.2, 0.25) is 0 Å². The van der Waals surface area contributed by atoms with E-state index in [0.29, 0.717) is 38.4 Å². The number of benzene rings is 2. The van der Waals surface area contributed by atoms with E-state index in [1.165, 1.54) is 64.2 Å². The van der Waals surface area contributed by atoms with Gasteiger partial charge in [-0.3, -0.25) is 14.4 Å². The molecule has 0 bridgehead atoms. The van der Waals surface area contributed by atoms with Crippen LogP contribution in [0.3, 0.4) is 0 Å². The van der Waals surface area contributed by atoms with Gasteiger partial charge in [-0.15, -0.1) is 0 Å². The van der Waals surface area contributed by atoms with Crippen molar-refractivity contribution in [3.05, 3.63) is 120 Å². The molecule has 2 aromatic carbocycles. The first-order chi connectivity index (χ1) is 31.0. The molecule has 0 fully saturated rings. The molecule has 7 heteroatoms. The number of rotatable bonds is 38. The van der Waals surface area contributed by atoms with Crippen molar-refractivity contribution in [3.63, 3.8) is 0 Å². The Kier molecular flexibility index (Phi) is 32.4. The van der Waals surface area contributed by atoms with Crippen molar-refractivity contribution in [2.24, 2.45) is 11.3 Å². The van der Waals surface area contributed by atoms with Gasteiger partial charge < -0.3 is 19.1 Å². The number of hydrogen-bond acceptors (Lipinski definition) is 7. The molecule has 356 valence electrons. The van der Waals surface area contributed by atoms with Crippen LogP contribution in [0.25, 0.3) is 0 Å². The summed E-state index contributed by atoms with van der Waals surface area (Å²) in [6.07, 6.45) is 40.2. The maximum absolute atomic E-state index is 13.2. The second kappa shape index (κ2) is 37.0. The van der Waals surface area contributed by atoms with E-state index < -0.39 is 0 Å². The zero-order chi connectivity index (χ0) is 46.4. The van der Waals surface area contributed by atoms with Gasteiger partial charge in [-0.25, -0.2) is 0 Å². The van der Waals surface area contributed by atoms with E-state index in [-0.39, 0.29) is 29.4 Å². The Hall–Kier alpha value is -4.23. The fraction of sp³-hybridized carbons (Fsp3) is 0.596. The van der Waals surface area contributed by atoms with Gasteiger partial charge in [0.2, 0.25) is 0 Å². The molecule has 0 aromatic heterocycles.